The van der Waals surface area contributed by atoms with E-state index in [0.717, 1.165) is 25.8 Å². The van der Waals surface area contributed by atoms with Crippen LogP contribution >= 0.6 is 38.9 Å². The van der Waals surface area contributed by atoms with E-state index >= 15 is 0 Å². The van der Waals surface area contributed by atoms with Gasteiger partial charge in [0.2, 0.25) is 0 Å². The Balaban J connectivity index is 2.29. The van der Waals surface area contributed by atoms with Crippen LogP contribution in [-0.2, 0) is 10.8 Å². The number of halogens is 2. The number of carbonyl (C=O) groups is 1. The molecule has 1 aromatic carbocycles. The predicted octanol–water partition coefficient (Wildman–Crippen LogP) is 4.87. The van der Waals surface area contributed by atoms with Crippen molar-refractivity contribution >= 4 is 66.4 Å². The van der Waals surface area contributed by atoms with Crippen LogP contribution in [0.4, 0.5) is 0 Å². The van der Waals surface area contributed by atoms with Gasteiger partial charge in [0.05, 0.1) is 16.5 Å². The number of benzene rings is 1. The number of rotatable bonds is 4. The average Bonchev–Trinajstić information content (AvgIpc) is 3.05. The van der Waals surface area contributed by atoms with Crippen LogP contribution in [0.2, 0.25) is 5.02 Å². The lowest BCUT2D eigenvalue weighted by atomic mass is 10.1. The summed E-state index contributed by atoms with van der Waals surface area (Å²) in [4.78, 5) is 16.6. The van der Waals surface area contributed by atoms with Crippen LogP contribution in [0.1, 0.15) is 10.5 Å². The molecule has 3 aromatic rings. The van der Waals surface area contributed by atoms with Crippen molar-refractivity contribution in [1.29, 1.82) is 0 Å². The van der Waals surface area contributed by atoms with Gasteiger partial charge >= 0.3 is 0 Å². The molecule has 0 aliphatic rings. The summed E-state index contributed by atoms with van der Waals surface area (Å²) in [5, 5.41) is 3.43. The third-order valence-corrected chi connectivity index (χ3v) is 5.97. The topological polar surface area (TPSA) is 49.9 Å². The standard InChI is InChI=1S/C15H11BrClNO2S2/c1-22(20)7-12(19)15-14(13-3-2-4-21-13)8-5-10(17)9(16)6-11(8)18-15/h2-6,18H,7H2,1H3. The Bertz CT molecular complexity index is 887. The van der Waals surface area contributed by atoms with E-state index in [1.54, 1.807) is 11.3 Å². The summed E-state index contributed by atoms with van der Waals surface area (Å²) in [7, 11) is -1.18. The van der Waals surface area contributed by atoms with E-state index in [4.69, 9.17) is 11.6 Å². The molecular weight excluding hydrogens is 406 g/mol. The third-order valence-electron chi connectivity index (χ3n) is 3.22. The van der Waals surface area contributed by atoms with Crippen molar-refractivity contribution < 1.29 is 9.00 Å². The van der Waals surface area contributed by atoms with E-state index in [-0.39, 0.29) is 11.5 Å². The molecule has 0 fully saturated rings. The number of aromatic amines is 1. The third kappa shape index (κ3) is 2.93. The Hall–Kier alpha value is -0.950. The number of hydrogen-bond donors (Lipinski definition) is 1. The number of hydrogen-bond acceptors (Lipinski definition) is 3. The van der Waals surface area contributed by atoms with E-state index in [2.05, 4.69) is 20.9 Å². The molecule has 0 bridgehead atoms. The molecule has 2 aromatic heterocycles. The lowest BCUT2D eigenvalue weighted by molar-refractivity contribution is 0.101. The van der Waals surface area contributed by atoms with Gasteiger partial charge in [0.1, 0.15) is 0 Å². The Morgan fingerprint density at radius 3 is 2.86 bits per heavy atom. The Morgan fingerprint density at radius 1 is 1.45 bits per heavy atom. The minimum Gasteiger partial charge on any atom is -0.352 e. The molecule has 0 amide bonds. The molecule has 1 atom stereocenters. The van der Waals surface area contributed by atoms with Crippen molar-refractivity contribution in [3.05, 3.63) is 44.8 Å². The summed E-state index contributed by atoms with van der Waals surface area (Å²) >= 11 is 11.1. The normalized spacial score (nSPS) is 12.7. The summed E-state index contributed by atoms with van der Waals surface area (Å²) < 4.78 is 12.2. The maximum absolute atomic E-state index is 12.4. The molecule has 7 heteroatoms. The van der Waals surface area contributed by atoms with Gasteiger partial charge in [-0.25, -0.2) is 0 Å². The Kier molecular flexibility index (Phi) is 4.54. The van der Waals surface area contributed by atoms with Gasteiger partial charge in [-0.15, -0.1) is 11.3 Å². The Labute approximate surface area is 147 Å². The molecule has 0 spiro atoms. The maximum atomic E-state index is 12.4. The van der Waals surface area contributed by atoms with Crippen LogP contribution in [0.15, 0.2) is 34.1 Å². The molecule has 1 N–H and O–H groups in total. The van der Waals surface area contributed by atoms with Gasteiger partial charge in [-0.2, -0.15) is 0 Å². The molecule has 0 radical (unpaired) electrons. The summed E-state index contributed by atoms with van der Waals surface area (Å²) in [5.41, 5.74) is 2.14. The van der Waals surface area contributed by atoms with Gasteiger partial charge in [-0.3, -0.25) is 9.00 Å². The molecule has 0 saturated carbocycles. The largest absolute Gasteiger partial charge is 0.352 e. The number of Topliss-reactive ketones (excluding diaryl/α,β-unsaturated/α-hetero) is 1. The van der Waals surface area contributed by atoms with E-state index in [1.807, 2.05) is 29.6 Å². The van der Waals surface area contributed by atoms with Gasteiger partial charge in [-0.05, 0) is 39.5 Å². The van der Waals surface area contributed by atoms with Crippen molar-refractivity contribution in [1.82, 2.24) is 4.98 Å². The highest BCUT2D eigenvalue weighted by molar-refractivity contribution is 9.10. The van der Waals surface area contributed by atoms with E-state index < -0.39 is 10.8 Å². The van der Waals surface area contributed by atoms with Gasteiger partial charge in [-0.1, -0.05) is 17.7 Å². The number of fused-ring (bicyclic) bond motifs is 1. The number of aromatic nitrogens is 1. The molecule has 22 heavy (non-hydrogen) atoms. The lowest BCUT2D eigenvalue weighted by Gasteiger charge is -2.02. The molecule has 3 rings (SSSR count). The van der Waals surface area contributed by atoms with Crippen LogP contribution in [-0.4, -0.2) is 27.0 Å². The quantitative estimate of drug-likeness (QED) is 0.617. The van der Waals surface area contributed by atoms with Crippen LogP contribution in [0.25, 0.3) is 21.3 Å². The van der Waals surface area contributed by atoms with Crippen LogP contribution in [0.3, 0.4) is 0 Å². The number of carbonyl (C=O) groups excluding carboxylic acids is 1. The van der Waals surface area contributed by atoms with Crippen molar-refractivity contribution in [2.75, 3.05) is 12.0 Å². The van der Waals surface area contributed by atoms with Crippen molar-refractivity contribution in [2.24, 2.45) is 0 Å². The van der Waals surface area contributed by atoms with Crippen molar-refractivity contribution in [3.8, 4) is 10.4 Å². The first-order valence-electron chi connectivity index (χ1n) is 6.35. The van der Waals surface area contributed by atoms with Gasteiger partial charge in [0, 0.05) is 42.9 Å². The molecule has 0 aliphatic heterocycles. The molecule has 0 saturated heterocycles. The van der Waals surface area contributed by atoms with E-state index in [0.29, 0.717) is 10.7 Å². The fourth-order valence-electron chi connectivity index (χ4n) is 2.33. The summed E-state index contributed by atoms with van der Waals surface area (Å²) in [6.45, 7) is 0. The molecule has 3 nitrogen and oxygen atoms in total. The Morgan fingerprint density at radius 2 is 2.23 bits per heavy atom. The monoisotopic (exact) mass is 415 g/mol. The van der Waals surface area contributed by atoms with Crippen LogP contribution < -0.4 is 0 Å². The molecule has 0 aliphatic carbocycles. The highest BCUT2D eigenvalue weighted by atomic mass is 79.9. The van der Waals surface area contributed by atoms with Crippen molar-refractivity contribution in [3.63, 3.8) is 0 Å². The van der Waals surface area contributed by atoms with Gasteiger partial charge in [0.25, 0.3) is 0 Å². The minimum absolute atomic E-state index is 0.0000981. The number of ketones is 1. The number of nitrogens with one attached hydrogen (secondary N) is 1. The molecule has 1 unspecified atom stereocenters. The van der Waals surface area contributed by atoms with Crippen molar-refractivity contribution in [2.45, 2.75) is 0 Å². The predicted molar refractivity (Wildman–Crippen MR) is 97.6 cm³/mol. The zero-order valence-electron chi connectivity index (χ0n) is 11.5. The van der Waals surface area contributed by atoms with E-state index in [1.165, 1.54) is 6.26 Å². The fourth-order valence-corrected chi connectivity index (χ4v) is 4.14. The minimum atomic E-state index is -1.18. The SMILES string of the molecule is CS(=O)CC(=O)c1[nH]c2cc(Br)c(Cl)cc2c1-c1cccs1. The van der Waals surface area contributed by atoms with Gasteiger partial charge in [0.15, 0.2) is 5.78 Å². The first kappa shape index (κ1) is 15.9. The smallest absolute Gasteiger partial charge is 0.192 e. The number of thiophene rings is 1. The zero-order chi connectivity index (χ0) is 15.9. The average molecular weight is 417 g/mol. The van der Waals surface area contributed by atoms with E-state index in [9.17, 15) is 9.00 Å². The van der Waals surface area contributed by atoms with Crippen LogP contribution in [0.5, 0.6) is 0 Å². The molecule has 114 valence electrons. The number of H-pyrrole nitrogens is 1. The fraction of sp³-hybridized carbons (Fsp3) is 0.133. The highest BCUT2D eigenvalue weighted by Crippen LogP contribution is 2.38. The maximum Gasteiger partial charge on any atom is 0.192 e. The summed E-state index contributed by atoms with van der Waals surface area (Å²) in [6, 6.07) is 7.59. The van der Waals surface area contributed by atoms with Crippen LogP contribution in [0, 0.1) is 0 Å². The second kappa shape index (κ2) is 6.28. The summed E-state index contributed by atoms with van der Waals surface area (Å²) in [5.74, 6) is -0.159. The zero-order valence-corrected chi connectivity index (χ0v) is 15.5. The summed E-state index contributed by atoms with van der Waals surface area (Å²) in [6.07, 6.45) is 1.53. The first-order chi connectivity index (χ1) is 10.5. The molecule has 2 heterocycles. The van der Waals surface area contributed by atoms with Gasteiger partial charge < -0.3 is 4.98 Å². The second-order valence-electron chi connectivity index (χ2n) is 4.80. The second-order valence-corrected chi connectivity index (χ2v) is 8.45. The molecular formula is C15H11BrClNO2S2. The lowest BCUT2D eigenvalue weighted by Crippen LogP contribution is -2.10. The first-order valence-corrected chi connectivity index (χ1v) is 10.1. The highest BCUT2D eigenvalue weighted by Gasteiger charge is 2.21.